The zero-order valence-corrected chi connectivity index (χ0v) is 15.7. The third-order valence-corrected chi connectivity index (χ3v) is 3.44. The highest BCUT2D eigenvalue weighted by molar-refractivity contribution is 6.55. The van der Waals surface area contributed by atoms with E-state index in [1.54, 1.807) is 0 Å². The number of phenolic OH excluding ortho intramolecular Hbond substituents is 1. The fourth-order valence-electron chi connectivity index (χ4n) is 1.53. The third kappa shape index (κ3) is 9.45. The van der Waals surface area contributed by atoms with Crippen LogP contribution in [0, 0.1) is 0 Å². The molecular weight excluding hydrogens is 400 g/mol. The van der Waals surface area contributed by atoms with Crippen LogP contribution >= 0.6 is 46.4 Å². The van der Waals surface area contributed by atoms with Crippen LogP contribution < -0.4 is 4.74 Å². The molecule has 5 nitrogen and oxygen atoms in total. The van der Waals surface area contributed by atoms with Crippen LogP contribution in [0.1, 0.15) is 12.8 Å². The predicted molar refractivity (Wildman–Crippen MR) is 97.9 cm³/mol. The molecule has 0 atom stereocenters. The molecule has 0 spiro atoms. The maximum atomic E-state index is 9.33. The van der Waals surface area contributed by atoms with E-state index in [2.05, 4.69) is 5.16 Å². The van der Waals surface area contributed by atoms with E-state index in [1.807, 2.05) is 0 Å². The highest BCUT2D eigenvalue weighted by Gasteiger charge is 2.09. The van der Waals surface area contributed by atoms with Gasteiger partial charge >= 0.3 is 0 Å². The zero-order valence-electron chi connectivity index (χ0n) is 12.7. The number of hydrogen-bond acceptors (Lipinski definition) is 5. The Bertz CT molecular complexity index is 539. The van der Waals surface area contributed by atoms with Crippen molar-refractivity contribution in [2.24, 2.45) is 5.16 Å². The van der Waals surface area contributed by atoms with Crippen LogP contribution in [-0.2, 0) is 9.57 Å². The molecule has 1 rings (SSSR count). The molecule has 0 aliphatic rings. The van der Waals surface area contributed by atoms with Crippen LogP contribution in [0.15, 0.2) is 27.9 Å². The minimum atomic E-state index is -0.00169. The zero-order chi connectivity index (χ0) is 17.8. The number of aromatic hydroxyl groups is 1. The van der Waals surface area contributed by atoms with Gasteiger partial charge in [0.1, 0.15) is 16.8 Å². The van der Waals surface area contributed by atoms with E-state index in [9.17, 15) is 5.11 Å². The van der Waals surface area contributed by atoms with Crippen molar-refractivity contribution in [3.63, 3.8) is 0 Å². The summed E-state index contributed by atoms with van der Waals surface area (Å²) in [7, 11) is 0. The number of benzene rings is 1. The molecule has 9 heteroatoms. The normalized spacial score (nSPS) is 10.8. The lowest BCUT2D eigenvalue weighted by atomic mass is 10.3. The highest BCUT2D eigenvalue weighted by Crippen LogP contribution is 2.36. The summed E-state index contributed by atoms with van der Waals surface area (Å²) in [6.45, 7) is 1.55. The van der Waals surface area contributed by atoms with Crippen LogP contribution in [0.5, 0.6) is 11.5 Å². The Balaban J connectivity index is 2.05. The Morgan fingerprint density at radius 1 is 1.08 bits per heavy atom. The van der Waals surface area contributed by atoms with Gasteiger partial charge in [-0.05, 0) is 18.9 Å². The van der Waals surface area contributed by atoms with Gasteiger partial charge in [0.25, 0.3) is 0 Å². The first-order valence-corrected chi connectivity index (χ1v) is 8.55. The number of hydrogen-bond donors (Lipinski definition) is 1. The molecule has 0 unspecified atom stereocenters. The second-order valence-electron chi connectivity index (χ2n) is 4.45. The Kier molecular flexibility index (Phi) is 11.0. The summed E-state index contributed by atoms with van der Waals surface area (Å²) < 4.78 is 11.0. The molecular formula is C15H17Cl4NO4. The molecule has 134 valence electrons. The molecule has 1 N–H and O–H groups in total. The minimum absolute atomic E-state index is 0.00169. The molecule has 0 aliphatic carbocycles. The second kappa shape index (κ2) is 12.5. The van der Waals surface area contributed by atoms with Gasteiger partial charge in [0.15, 0.2) is 5.75 Å². The molecule has 24 heavy (non-hydrogen) atoms. The number of phenols is 1. The molecule has 0 heterocycles. The van der Waals surface area contributed by atoms with Crippen LogP contribution in [0.25, 0.3) is 0 Å². The quantitative estimate of drug-likeness (QED) is 0.306. The Morgan fingerprint density at radius 2 is 1.75 bits per heavy atom. The van der Waals surface area contributed by atoms with E-state index in [1.165, 1.54) is 24.4 Å². The second-order valence-corrected chi connectivity index (χ2v) is 6.27. The van der Waals surface area contributed by atoms with Gasteiger partial charge in [0.05, 0.1) is 29.5 Å². The Labute approximate surface area is 160 Å². The number of oxime groups is 1. The van der Waals surface area contributed by atoms with Crippen LogP contribution in [-0.4, -0.2) is 37.7 Å². The van der Waals surface area contributed by atoms with Crippen LogP contribution in [0.2, 0.25) is 10.0 Å². The summed E-state index contributed by atoms with van der Waals surface area (Å²) in [5, 5.41) is 13.5. The largest absolute Gasteiger partial charge is 0.508 e. The molecule has 0 amide bonds. The van der Waals surface area contributed by atoms with E-state index in [-0.39, 0.29) is 26.9 Å². The molecule has 0 saturated heterocycles. The lowest BCUT2D eigenvalue weighted by Gasteiger charge is -2.10. The van der Waals surface area contributed by atoms with E-state index >= 15 is 0 Å². The monoisotopic (exact) mass is 415 g/mol. The first kappa shape index (κ1) is 21.2. The van der Waals surface area contributed by atoms with Crippen molar-refractivity contribution in [1.82, 2.24) is 0 Å². The summed E-state index contributed by atoms with van der Waals surface area (Å²) in [5.74, 6) is 0.366. The van der Waals surface area contributed by atoms with E-state index in [4.69, 9.17) is 60.7 Å². The Hall–Kier alpha value is -0.850. The van der Waals surface area contributed by atoms with E-state index in [0.29, 0.717) is 25.6 Å². The average Bonchev–Trinajstić information content (AvgIpc) is 2.50. The van der Waals surface area contributed by atoms with Gasteiger partial charge in [-0.1, -0.05) is 51.6 Å². The fraction of sp³-hybridized carbons (Fsp3) is 0.400. The van der Waals surface area contributed by atoms with Gasteiger partial charge in [0.2, 0.25) is 0 Å². The lowest BCUT2D eigenvalue weighted by molar-refractivity contribution is 0.150. The van der Waals surface area contributed by atoms with Crippen LogP contribution in [0.4, 0.5) is 0 Å². The smallest absolute Gasteiger partial charge is 0.156 e. The van der Waals surface area contributed by atoms with E-state index in [0.717, 1.165) is 12.8 Å². The standard InChI is InChI=1S/C15H17Cl4NO4/c16-12-9-11(21)10-13(17)15(12)23-6-2-1-5-22-8-4-20-24-7-3-14(18)19/h3-4,9-10,21H,1-2,5-8H2/b20-4+. The van der Waals surface area contributed by atoms with Crippen molar-refractivity contribution in [2.75, 3.05) is 26.4 Å². The number of nitrogens with zero attached hydrogens (tertiary/aromatic N) is 1. The van der Waals surface area contributed by atoms with Gasteiger partial charge in [0, 0.05) is 18.7 Å². The van der Waals surface area contributed by atoms with Crippen molar-refractivity contribution in [3.05, 3.63) is 32.7 Å². The predicted octanol–water partition coefficient (Wildman–Crippen LogP) is 5.20. The summed E-state index contributed by atoms with van der Waals surface area (Å²) in [6, 6.07) is 2.76. The third-order valence-electron chi connectivity index (χ3n) is 2.57. The number of rotatable bonds is 11. The van der Waals surface area contributed by atoms with Gasteiger partial charge in [-0.3, -0.25) is 0 Å². The van der Waals surface area contributed by atoms with Gasteiger partial charge in [-0.2, -0.15) is 0 Å². The summed E-state index contributed by atoms with van der Waals surface area (Å²) >= 11 is 22.7. The van der Waals surface area contributed by atoms with E-state index < -0.39 is 0 Å². The number of halogens is 4. The summed E-state index contributed by atoms with van der Waals surface area (Å²) in [4.78, 5) is 4.85. The summed E-state index contributed by atoms with van der Waals surface area (Å²) in [6.07, 6.45) is 4.54. The minimum Gasteiger partial charge on any atom is -0.508 e. The van der Waals surface area contributed by atoms with Gasteiger partial charge in [-0.15, -0.1) is 0 Å². The first-order valence-electron chi connectivity index (χ1n) is 7.04. The molecule has 0 radical (unpaired) electrons. The SMILES string of the molecule is Oc1cc(Cl)c(OCCCCOC/C=N/OCC=C(Cl)Cl)c(Cl)c1. The molecule has 1 aromatic rings. The van der Waals surface area contributed by atoms with Crippen LogP contribution in [0.3, 0.4) is 0 Å². The van der Waals surface area contributed by atoms with Gasteiger partial charge in [-0.25, -0.2) is 0 Å². The molecule has 0 aliphatic heterocycles. The van der Waals surface area contributed by atoms with Gasteiger partial charge < -0.3 is 19.4 Å². The van der Waals surface area contributed by atoms with Crippen molar-refractivity contribution < 1.29 is 19.4 Å². The lowest BCUT2D eigenvalue weighted by Crippen LogP contribution is -2.03. The van der Waals surface area contributed by atoms with Crippen molar-refractivity contribution in [2.45, 2.75) is 12.8 Å². The maximum Gasteiger partial charge on any atom is 0.156 e. The molecule has 0 fully saturated rings. The molecule has 0 aromatic heterocycles. The van der Waals surface area contributed by atoms with Crippen molar-refractivity contribution in [1.29, 1.82) is 0 Å². The molecule has 1 aromatic carbocycles. The summed E-state index contributed by atoms with van der Waals surface area (Å²) in [5.41, 5.74) is 0. The first-order chi connectivity index (χ1) is 11.5. The average molecular weight is 417 g/mol. The highest BCUT2D eigenvalue weighted by atomic mass is 35.5. The maximum absolute atomic E-state index is 9.33. The Morgan fingerprint density at radius 3 is 2.42 bits per heavy atom. The fourth-order valence-corrected chi connectivity index (χ4v) is 2.24. The molecule has 0 saturated carbocycles. The van der Waals surface area contributed by atoms with Crippen molar-refractivity contribution >= 4 is 52.6 Å². The number of ether oxygens (including phenoxy) is 2. The van der Waals surface area contributed by atoms with Crippen molar-refractivity contribution in [3.8, 4) is 11.5 Å². The number of unbranched alkanes of at least 4 members (excludes halogenated alkanes) is 1. The molecule has 0 bridgehead atoms. The topological polar surface area (TPSA) is 60.3 Å².